The van der Waals surface area contributed by atoms with Crippen molar-refractivity contribution < 1.29 is 17.9 Å². The van der Waals surface area contributed by atoms with E-state index in [1.165, 1.54) is 15.6 Å². The molecule has 1 aliphatic heterocycles. The Morgan fingerprint density at radius 1 is 1.32 bits per heavy atom. The van der Waals surface area contributed by atoms with Crippen LogP contribution in [0.25, 0.3) is 10.2 Å². The van der Waals surface area contributed by atoms with E-state index in [0.29, 0.717) is 43.9 Å². The second kappa shape index (κ2) is 9.33. The minimum atomic E-state index is -3.69. The maximum atomic E-state index is 13.2. The van der Waals surface area contributed by atoms with Crippen molar-refractivity contribution in [2.75, 3.05) is 19.8 Å². The Kier molecular flexibility index (Phi) is 6.73. The molecule has 166 valence electrons. The molecule has 1 unspecified atom stereocenters. The van der Waals surface area contributed by atoms with Crippen molar-refractivity contribution in [2.24, 2.45) is 4.99 Å². The Balaban J connectivity index is 1.70. The molecule has 1 atom stereocenters. The van der Waals surface area contributed by atoms with Gasteiger partial charge in [0.2, 0.25) is 0 Å². The lowest BCUT2D eigenvalue weighted by atomic mass is 10.2. The summed E-state index contributed by atoms with van der Waals surface area (Å²) in [4.78, 5) is 18.2. The van der Waals surface area contributed by atoms with Crippen molar-refractivity contribution in [3.05, 3.63) is 46.1 Å². The third kappa shape index (κ3) is 4.54. The molecule has 0 saturated carbocycles. The molecule has 1 aromatic carbocycles. The molecule has 1 amide bonds. The SMILES string of the molecule is CCOCCn1c(=NC(=O)C2CCCN2S(=O)(=O)c2cccs2)sc2cc(C)ccc21. The third-order valence-corrected chi connectivity index (χ3v) is 9.58. The van der Waals surface area contributed by atoms with Crippen LogP contribution in [0.15, 0.2) is 44.9 Å². The Hall–Kier alpha value is -1.85. The summed E-state index contributed by atoms with van der Waals surface area (Å²) in [5, 5.41) is 1.73. The predicted molar refractivity (Wildman–Crippen MR) is 123 cm³/mol. The number of rotatable bonds is 7. The van der Waals surface area contributed by atoms with Gasteiger partial charge in [0.05, 0.1) is 16.8 Å². The number of thiazole rings is 1. The fourth-order valence-corrected chi connectivity index (χ4v) is 7.68. The van der Waals surface area contributed by atoms with Gasteiger partial charge >= 0.3 is 0 Å². The van der Waals surface area contributed by atoms with Gasteiger partial charge in [-0.3, -0.25) is 4.79 Å². The number of carbonyl (C=O) groups is 1. The van der Waals surface area contributed by atoms with Crippen LogP contribution in [0.3, 0.4) is 0 Å². The Bertz CT molecular complexity index is 1240. The molecule has 31 heavy (non-hydrogen) atoms. The highest BCUT2D eigenvalue weighted by Crippen LogP contribution is 2.29. The molecule has 3 heterocycles. The number of nitrogens with zero attached hydrogens (tertiary/aromatic N) is 3. The predicted octanol–water partition coefficient (Wildman–Crippen LogP) is 3.39. The zero-order valence-electron chi connectivity index (χ0n) is 17.5. The number of aromatic nitrogens is 1. The van der Waals surface area contributed by atoms with E-state index in [0.717, 1.165) is 27.1 Å². The van der Waals surface area contributed by atoms with Crippen molar-refractivity contribution >= 4 is 48.8 Å². The lowest BCUT2D eigenvalue weighted by Crippen LogP contribution is -2.40. The van der Waals surface area contributed by atoms with Crippen molar-refractivity contribution in [3.63, 3.8) is 0 Å². The van der Waals surface area contributed by atoms with Gasteiger partial charge in [-0.15, -0.1) is 11.3 Å². The van der Waals surface area contributed by atoms with Crippen LogP contribution in [0.1, 0.15) is 25.3 Å². The monoisotopic (exact) mass is 479 g/mol. The number of ether oxygens (including phenoxy) is 1. The quantitative estimate of drug-likeness (QED) is 0.487. The van der Waals surface area contributed by atoms with Crippen LogP contribution < -0.4 is 4.80 Å². The number of sulfonamides is 1. The third-order valence-electron chi connectivity index (χ3n) is 5.25. The number of fused-ring (bicyclic) bond motifs is 1. The molecule has 7 nitrogen and oxygen atoms in total. The molecule has 1 saturated heterocycles. The first-order valence-electron chi connectivity index (χ1n) is 10.2. The molecule has 1 fully saturated rings. The van der Waals surface area contributed by atoms with Gasteiger partial charge in [0.15, 0.2) is 4.80 Å². The maximum absolute atomic E-state index is 13.2. The Morgan fingerprint density at radius 2 is 2.16 bits per heavy atom. The first-order valence-corrected chi connectivity index (χ1v) is 13.4. The van der Waals surface area contributed by atoms with E-state index in [1.807, 2.05) is 30.5 Å². The Morgan fingerprint density at radius 3 is 2.90 bits per heavy atom. The molecule has 1 aliphatic rings. The lowest BCUT2D eigenvalue weighted by molar-refractivity contribution is -0.121. The summed E-state index contributed by atoms with van der Waals surface area (Å²) in [5.41, 5.74) is 2.13. The highest BCUT2D eigenvalue weighted by molar-refractivity contribution is 7.91. The fourth-order valence-electron chi connectivity index (χ4n) is 3.75. The second-order valence-electron chi connectivity index (χ2n) is 7.36. The molecule has 3 aromatic rings. The molecule has 4 rings (SSSR count). The minimum absolute atomic E-state index is 0.260. The topological polar surface area (TPSA) is 81.0 Å². The number of carbonyl (C=O) groups excluding carboxylic acids is 1. The minimum Gasteiger partial charge on any atom is -0.380 e. The molecule has 10 heteroatoms. The van der Waals surface area contributed by atoms with Gasteiger partial charge in [0.25, 0.3) is 15.9 Å². The second-order valence-corrected chi connectivity index (χ2v) is 11.4. The zero-order valence-corrected chi connectivity index (χ0v) is 19.9. The molecule has 2 aromatic heterocycles. The van der Waals surface area contributed by atoms with E-state index in [2.05, 4.69) is 11.1 Å². The van der Waals surface area contributed by atoms with Gasteiger partial charge in [-0.05, 0) is 55.8 Å². The normalized spacial score (nSPS) is 18.3. The molecular weight excluding hydrogens is 454 g/mol. The van der Waals surface area contributed by atoms with Crippen LogP contribution >= 0.6 is 22.7 Å². The summed E-state index contributed by atoms with van der Waals surface area (Å²) >= 11 is 2.61. The summed E-state index contributed by atoms with van der Waals surface area (Å²) < 4.78 is 36.1. The van der Waals surface area contributed by atoms with E-state index in [4.69, 9.17) is 4.74 Å². The van der Waals surface area contributed by atoms with Gasteiger partial charge < -0.3 is 9.30 Å². The smallest absolute Gasteiger partial charge is 0.266 e. The van der Waals surface area contributed by atoms with Crippen LogP contribution in [-0.4, -0.2) is 49.0 Å². The average Bonchev–Trinajstić information content (AvgIpc) is 3.48. The van der Waals surface area contributed by atoms with Crippen molar-refractivity contribution in [3.8, 4) is 0 Å². The van der Waals surface area contributed by atoms with E-state index < -0.39 is 22.0 Å². The van der Waals surface area contributed by atoms with Crippen LogP contribution in [0, 0.1) is 6.92 Å². The van der Waals surface area contributed by atoms with E-state index in [9.17, 15) is 13.2 Å². The molecule has 0 radical (unpaired) electrons. The highest BCUT2D eigenvalue weighted by atomic mass is 32.2. The van der Waals surface area contributed by atoms with E-state index in [-0.39, 0.29) is 4.21 Å². The van der Waals surface area contributed by atoms with Crippen LogP contribution in [0.5, 0.6) is 0 Å². The summed E-state index contributed by atoms with van der Waals surface area (Å²) in [6.07, 6.45) is 1.13. The molecule has 0 bridgehead atoms. The first kappa shape index (κ1) is 22.3. The fraction of sp³-hybridized carbons (Fsp3) is 0.429. The van der Waals surface area contributed by atoms with Crippen LogP contribution in [0.2, 0.25) is 0 Å². The number of hydrogen-bond donors (Lipinski definition) is 0. The number of hydrogen-bond acceptors (Lipinski definition) is 6. The summed E-state index contributed by atoms with van der Waals surface area (Å²) in [7, 11) is -3.69. The summed E-state index contributed by atoms with van der Waals surface area (Å²) in [6, 6.07) is 8.65. The van der Waals surface area contributed by atoms with Crippen LogP contribution in [-0.2, 0) is 26.1 Å². The average molecular weight is 480 g/mol. The van der Waals surface area contributed by atoms with E-state index in [1.54, 1.807) is 17.5 Å². The van der Waals surface area contributed by atoms with Crippen molar-refractivity contribution in [2.45, 2.75) is 43.5 Å². The van der Waals surface area contributed by atoms with Gasteiger partial charge in [0, 0.05) is 19.7 Å². The molecule has 0 N–H and O–H groups in total. The Labute approximate surface area is 189 Å². The van der Waals surface area contributed by atoms with Crippen molar-refractivity contribution in [1.29, 1.82) is 0 Å². The summed E-state index contributed by atoms with van der Waals surface area (Å²) in [6.45, 7) is 6.01. The van der Waals surface area contributed by atoms with Gasteiger partial charge in [-0.2, -0.15) is 9.30 Å². The molecule has 0 aliphatic carbocycles. The van der Waals surface area contributed by atoms with Gasteiger partial charge in [-0.1, -0.05) is 23.5 Å². The number of aryl methyl sites for hydroxylation is 1. The van der Waals surface area contributed by atoms with Gasteiger partial charge in [0.1, 0.15) is 10.3 Å². The summed E-state index contributed by atoms with van der Waals surface area (Å²) in [5.74, 6) is -0.411. The number of amides is 1. The molecule has 0 spiro atoms. The number of benzene rings is 1. The largest absolute Gasteiger partial charge is 0.380 e. The maximum Gasteiger partial charge on any atom is 0.266 e. The van der Waals surface area contributed by atoms with Crippen LogP contribution in [0.4, 0.5) is 0 Å². The standard InChI is InChI=1S/C21H25N3O4S3/c1-3-28-12-11-23-16-9-8-15(2)14-18(16)30-21(23)22-20(25)17-6-4-10-24(17)31(26,27)19-7-5-13-29-19/h5,7-9,13-14,17H,3-4,6,10-12H2,1-2H3. The first-order chi connectivity index (χ1) is 14.9. The lowest BCUT2D eigenvalue weighted by Gasteiger charge is -2.20. The van der Waals surface area contributed by atoms with Gasteiger partial charge in [-0.25, -0.2) is 8.42 Å². The zero-order chi connectivity index (χ0) is 22.0. The van der Waals surface area contributed by atoms with E-state index >= 15 is 0 Å². The van der Waals surface area contributed by atoms with Crippen molar-refractivity contribution in [1.82, 2.24) is 8.87 Å². The number of thiophene rings is 1. The highest BCUT2D eigenvalue weighted by Gasteiger charge is 2.39. The molecular formula is C21H25N3O4S3.